The van der Waals surface area contributed by atoms with Crippen LogP contribution in [-0.4, -0.2) is 19.8 Å². The van der Waals surface area contributed by atoms with Gasteiger partial charge >= 0.3 is 0 Å². The first-order chi connectivity index (χ1) is 7.81. The van der Waals surface area contributed by atoms with Gasteiger partial charge in [-0.2, -0.15) is 0 Å². The summed E-state index contributed by atoms with van der Waals surface area (Å²) in [7, 11) is 0. The van der Waals surface area contributed by atoms with Crippen molar-refractivity contribution in [2.24, 2.45) is 5.73 Å². The Morgan fingerprint density at radius 3 is 2.62 bits per heavy atom. The summed E-state index contributed by atoms with van der Waals surface area (Å²) < 4.78 is 11.2. The number of hydrogen-bond donors (Lipinski definition) is 1. The molecule has 1 heterocycles. The first kappa shape index (κ1) is 11.0. The van der Waals surface area contributed by atoms with Crippen molar-refractivity contribution in [1.82, 2.24) is 0 Å². The first-order valence-electron chi connectivity index (χ1n) is 5.58. The van der Waals surface area contributed by atoms with Gasteiger partial charge in [0.1, 0.15) is 0 Å². The molecule has 1 aromatic rings. The number of benzene rings is 1. The molecule has 1 aliphatic rings. The summed E-state index contributed by atoms with van der Waals surface area (Å²) in [6.45, 7) is 4.05. The monoisotopic (exact) mass is 219 g/mol. The molecule has 16 heavy (non-hydrogen) atoms. The lowest BCUT2D eigenvalue weighted by Crippen LogP contribution is -1.97. The third kappa shape index (κ3) is 2.36. The van der Waals surface area contributed by atoms with Crippen LogP contribution in [0, 0.1) is 6.92 Å². The summed E-state index contributed by atoms with van der Waals surface area (Å²) in [4.78, 5) is 0. The predicted molar refractivity (Wildman–Crippen MR) is 64.9 cm³/mol. The van der Waals surface area contributed by atoms with Crippen molar-refractivity contribution in [3.8, 4) is 11.5 Å². The molecule has 0 aliphatic carbocycles. The zero-order chi connectivity index (χ0) is 11.4. The minimum Gasteiger partial charge on any atom is -0.490 e. The van der Waals surface area contributed by atoms with E-state index in [0.717, 1.165) is 36.7 Å². The molecule has 1 aromatic carbocycles. The molecule has 3 heteroatoms. The fraction of sp³-hybridized carbons (Fsp3) is 0.385. The minimum atomic E-state index is 0.549. The fourth-order valence-corrected chi connectivity index (χ4v) is 1.70. The summed E-state index contributed by atoms with van der Waals surface area (Å²) in [5.74, 6) is 1.68. The molecular weight excluding hydrogens is 202 g/mol. The van der Waals surface area contributed by atoms with E-state index in [0.29, 0.717) is 6.54 Å². The van der Waals surface area contributed by atoms with Gasteiger partial charge in [-0.1, -0.05) is 12.2 Å². The molecule has 0 radical (unpaired) electrons. The zero-order valence-electron chi connectivity index (χ0n) is 9.53. The zero-order valence-corrected chi connectivity index (χ0v) is 9.53. The van der Waals surface area contributed by atoms with Gasteiger partial charge in [0, 0.05) is 13.0 Å². The summed E-state index contributed by atoms with van der Waals surface area (Å²) in [5, 5.41) is 0. The average molecular weight is 219 g/mol. The van der Waals surface area contributed by atoms with E-state index in [4.69, 9.17) is 15.2 Å². The van der Waals surface area contributed by atoms with Crippen molar-refractivity contribution in [3.05, 3.63) is 29.3 Å². The van der Waals surface area contributed by atoms with Crippen molar-refractivity contribution in [2.45, 2.75) is 13.3 Å². The molecule has 0 bridgehead atoms. The van der Waals surface area contributed by atoms with E-state index in [1.54, 1.807) is 0 Å². The molecule has 0 saturated heterocycles. The van der Waals surface area contributed by atoms with Gasteiger partial charge in [0.05, 0.1) is 13.2 Å². The van der Waals surface area contributed by atoms with Gasteiger partial charge in [-0.05, 0) is 30.2 Å². The third-order valence-electron chi connectivity index (χ3n) is 2.57. The second-order valence-corrected chi connectivity index (χ2v) is 3.84. The van der Waals surface area contributed by atoms with Crippen LogP contribution in [0.4, 0.5) is 0 Å². The standard InChI is InChI=1S/C13H17NO2/c1-10-8-12-13(16-7-3-6-15-12)9-11(10)4-2-5-14/h2,4,8-9H,3,5-7,14H2,1H3/b4-2+. The summed E-state index contributed by atoms with van der Waals surface area (Å²) >= 11 is 0. The first-order valence-corrected chi connectivity index (χ1v) is 5.58. The van der Waals surface area contributed by atoms with Gasteiger partial charge in [0.25, 0.3) is 0 Å². The van der Waals surface area contributed by atoms with Crippen molar-refractivity contribution in [3.63, 3.8) is 0 Å². The van der Waals surface area contributed by atoms with Crippen LogP contribution < -0.4 is 15.2 Å². The number of nitrogens with two attached hydrogens (primary N) is 1. The number of fused-ring (bicyclic) bond motifs is 1. The van der Waals surface area contributed by atoms with E-state index in [1.165, 1.54) is 5.56 Å². The van der Waals surface area contributed by atoms with Crippen molar-refractivity contribution < 1.29 is 9.47 Å². The number of hydrogen-bond acceptors (Lipinski definition) is 3. The Morgan fingerprint density at radius 1 is 1.25 bits per heavy atom. The largest absolute Gasteiger partial charge is 0.490 e. The van der Waals surface area contributed by atoms with Crippen LogP contribution in [0.25, 0.3) is 6.08 Å². The van der Waals surface area contributed by atoms with Gasteiger partial charge in [0.15, 0.2) is 11.5 Å². The van der Waals surface area contributed by atoms with Crippen LogP contribution in [0.15, 0.2) is 18.2 Å². The highest BCUT2D eigenvalue weighted by atomic mass is 16.5. The topological polar surface area (TPSA) is 44.5 Å². The van der Waals surface area contributed by atoms with Crippen molar-refractivity contribution in [2.75, 3.05) is 19.8 Å². The SMILES string of the molecule is Cc1cc2c(cc1/C=C/CN)OCCCO2. The maximum atomic E-state index is 5.63. The summed E-state index contributed by atoms with van der Waals surface area (Å²) in [6, 6.07) is 4.04. The summed E-state index contributed by atoms with van der Waals surface area (Å²) in [6.07, 6.45) is 4.89. The van der Waals surface area contributed by atoms with Crippen molar-refractivity contribution >= 4 is 6.08 Å². The van der Waals surface area contributed by atoms with E-state index < -0.39 is 0 Å². The van der Waals surface area contributed by atoms with E-state index >= 15 is 0 Å². The van der Waals surface area contributed by atoms with Gasteiger partial charge in [-0.25, -0.2) is 0 Å². The highest BCUT2D eigenvalue weighted by molar-refractivity contribution is 5.60. The lowest BCUT2D eigenvalue weighted by Gasteiger charge is -2.10. The maximum absolute atomic E-state index is 5.63. The number of aryl methyl sites for hydroxylation is 1. The second kappa shape index (κ2) is 5.03. The normalized spacial score (nSPS) is 15.1. The molecular formula is C13H17NO2. The Morgan fingerprint density at radius 2 is 1.94 bits per heavy atom. The third-order valence-corrected chi connectivity index (χ3v) is 2.57. The Hall–Kier alpha value is -1.48. The van der Waals surface area contributed by atoms with E-state index in [9.17, 15) is 0 Å². The number of rotatable bonds is 2. The van der Waals surface area contributed by atoms with Crippen LogP contribution in [0.3, 0.4) is 0 Å². The van der Waals surface area contributed by atoms with Gasteiger partial charge in [0.2, 0.25) is 0 Å². The minimum absolute atomic E-state index is 0.549. The van der Waals surface area contributed by atoms with Gasteiger partial charge in [-0.15, -0.1) is 0 Å². The van der Waals surface area contributed by atoms with E-state index in [-0.39, 0.29) is 0 Å². The maximum Gasteiger partial charge on any atom is 0.161 e. The molecule has 3 nitrogen and oxygen atoms in total. The van der Waals surface area contributed by atoms with Crippen LogP contribution in [0.5, 0.6) is 11.5 Å². The Balaban J connectivity index is 2.35. The lowest BCUT2D eigenvalue weighted by molar-refractivity contribution is 0.297. The molecule has 0 spiro atoms. The Labute approximate surface area is 95.9 Å². The molecule has 0 atom stereocenters. The summed E-state index contributed by atoms with van der Waals surface area (Å²) in [5.41, 5.74) is 7.76. The molecule has 86 valence electrons. The lowest BCUT2D eigenvalue weighted by atomic mass is 10.1. The van der Waals surface area contributed by atoms with Crippen LogP contribution in [0.1, 0.15) is 17.5 Å². The van der Waals surface area contributed by atoms with Crippen LogP contribution in [-0.2, 0) is 0 Å². The van der Waals surface area contributed by atoms with E-state index in [2.05, 4.69) is 6.92 Å². The molecule has 0 saturated carbocycles. The molecule has 0 amide bonds. The molecule has 0 fully saturated rings. The van der Waals surface area contributed by atoms with Crippen LogP contribution >= 0.6 is 0 Å². The molecule has 0 aromatic heterocycles. The highest BCUT2D eigenvalue weighted by Gasteiger charge is 2.11. The van der Waals surface area contributed by atoms with Crippen LogP contribution in [0.2, 0.25) is 0 Å². The Bertz CT molecular complexity index is 399. The quantitative estimate of drug-likeness (QED) is 0.828. The smallest absolute Gasteiger partial charge is 0.161 e. The second-order valence-electron chi connectivity index (χ2n) is 3.84. The van der Waals surface area contributed by atoms with E-state index in [1.807, 2.05) is 24.3 Å². The van der Waals surface area contributed by atoms with Gasteiger partial charge in [-0.3, -0.25) is 0 Å². The number of ether oxygens (including phenoxy) is 2. The molecule has 2 N–H and O–H groups in total. The Kier molecular flexibility index (Phi) is 3.47. The molecule has 0 unspecified atom stereocenters. The van der Waals surface area contributed by atoms with Crippen molar-refractivity contribution in [1.29, 1.82) is 0 Å². The fourth-order valence-electron chi connectivity index (χ4n) is 1.70. The van der Waals surface area contributed by atoms with Gasteiger partial charge < -0.3 is 15.2 Å². The molecule has 1 aliphatic heterocycles. The molecule has 2 rings (SSSR count). The average Bonchev–Trinajstić information content (AvgIpc) is 2.50. The highest BCUT2D eigenvalue weighted by Crippen LogP contribution is 2.33. The predicted octanol–water partition coefficient (Wildman–Crippen LogP) is 2.13.